The number of benzene rings is 1. The van der Waals surface area contributed by atoms with Gasteiger partial charge in [0.25, 0.3) is 6.01 Å². The van der Waals surface area contributed by atoms with Crippen LogP contribution >= 0.6 is 0 Å². The van der Waals surface area contributed by atoms with E-state index in [9.17, 15) is 0 Å². The van der Waals surface area contributed by atoms with Gasteiger partial charge in [-0.1, -0.05) is 6.07 Å². The number of nitrogen functional groups attached to an aromatic ring is 1. The molecule has 0 spiro atoms. The van der Waals surface area contributed by atoms with Crippen LogP contribution in [0.15, 0.2) is 35.2 Å². The van der Waals surface area contributed by atoms with Crippen LogP contribution in [0.4, 0.5) is 6.01 Å². The van der Waals surface area contributed by atoms with E-state index in [4.69, 9.17) is 10.2 Å². The first-order valence-electron chi connectivity index (χ1n) is 4.47. The van der Waals surface area contributed by atoms with Gasteiger partial charge in [-0.2, -0.15) is 4.98 Å². The van der Waals surface area contributed by atoms with Crippen molar-refractivity contribution in [2.75, 3.05) is 5.73 Å². The van der Waals surface area contributed by atoms with Gasteiger partial charge in [0.1, 0.15) is 12.0 Å². The molecule has 0 aliphatic rings. The molecular formula is C10H8N4O. The lowest BCUT2D eigenvalue weighted by Crippen LogP contribution is -1.83. The molecule has 0 bridgehead atoms. The zero-order valence-corrected chi connectivity index (χ0v) is 7.77. The van der Waals surface area contributed by atoms with Gasteiger partial charge in [-0.15, -0.1) is 0 Å². The van der Waals surface area contributed by atoms with Crippen LogP contribution in [0.5, 0.6) is 0 Å². The number of aromatic nitrogens is 3. The van der Waals surface area contributed by atoms with E-state index in [0.717, 1.165) is 22.3 Å². The van der Waals surface area contributed by atoms with Crippen LogP contribution in [-0.2, 0) is 0 Å². The van der Waals surface area contributed by atoms with Crippen molar-refractivity contribution in [2.45, 2.75) is 0 Å². The summed E-state index contributed by atoms with van der Waals surface area (Å²) in [4.78, 5) is 11.2. The lowest BCUT2D eigenvalue weighted by atomic mass is 10.1. The van der Waals surface area contributed by atoms with Crippen LogP contribution < -0.4 is 5.73 Å². The minimum absolute atomic E-state index is 0.176. The Balaban J connectivity index is 2.18. The Bertz CT molecular complexity index is 610. The SMILES string of the molecule is Nc1nc(-c2ccc3nc[nH]c3c2)co1. The summed E-state index contributed by atoms with van der Waals surface area (Å²) in [6, 6.07) is 5.99. The zero-order chi connectivity index (χ0) is 10.3. The monoisotopic (exact) mass is 200 g/mol. The molecule has 3 aromatic rings. The number of imidazole rings is 1. The van der Waals surface area contributed by atoms with Gasteiger partial charge in [0, 0.05) is 5.56 Å². The van der Waals surface area contributed by atoms with Gasteiger partial charge in [0.15, 0.2) is 0 Å². The van der Waals surface area contributed by atoms with Crippen molar-refractivity contribution in [3.63, 3.8) is 0 Å². The maximum absolute atomic E-state index is 5.41. The van der Waals surface area contributed by atoms with Crippen LogP contribution in [-0.4, -0.2) is 15.0 Å². The van der Waals surface area contributed by atoms with Crippen molar-refractivity contribution in [2.24, 2.45) is 0 Å². The number of nitrogens with zero attached hydrogens (tertiary/aromatic N) is 2. The third kappa shape index (κ3) is 1.25. The number of hydrogen-bond acceptors (Lipinski definition) is 4. The molecular weight excluding hydrogens is 192 g/mol. The lowest BCUT2D eigenvalue weighted by molar-refractivity contribution is 0.581. The molecule has 15 heavy (non-hydrogen) atoms. The average molecular weight is 200 g/mol. The predicted octanol–water partition coefficient (Wildman–Crippen LogP) is 1.80. The summed E-state index contributed by atoms with van der Waals surface area (Å²) < 4.78 is 4.95. The Kier molecular flexibility index (Phi) is 1.53. The highest BCUT2D eigenvalue weighted by Crippen LogP contribution is 2.22. The fourth-order valence-electron chi connectivity index (χ4n) is 1.52. The smallest absolute Gasteiger partial charge is 0.292 e. The average Bonchev–Trinajstić information content (AvgIpc) is 2.84. The fraction of sp³-hybridized carbons (Fsp3) is 0. The number of hydrogen-bond donors (Lipinski definition) is 2. The summed E-state index contributed by atoms with van der Waals surface area (Å²) in [5.41, 5.74) is 8.98. The second kappa shape index (κ2) is 2.84. The largest absolute Gasteiger partial charge is 0.432 e. The third-order valence-corrected chi connectivity index (χ3v) is 2.24. The van der Waals surface area contributed by atoms with E-state index in [-0.39, 0.29) is 6.01 Å². The number of fused-ring (bicyclic) bond motifs is 1. The van der Waals surface area contributed by atoms with Crippen molar-refractivity contribution in [3.05, 3.63) is 30.8 Å². The van der Waals surface area contributed by atoms with Crippen molar-refractivity contribution >= 4 is 17.0 Å². The minimum atomic E-state index is 0.176. The number of nitrogens with one attached hydrogen (secondary N) is 1. The van der Waals surface area contributed by atoms with Gasteiger partial charge in [0.05, 0.1) is 17.4 Å². The minimum Gasteiger partial charge on any atom is -0.432 e. The highest BCUT2D eigenvalue weighted by molar-refractivity contribution is 5.80. The second-order valence-corrected chi connectivity index (χ2v) is 3.21. The predicted molar refractivity (Wildman–Crippen MR) is 56.0 cm³/mol. The number of anilines is 1. The highest BCUT2D eigenvalue weighted by Gasteiger charge is 2.05. The third-order valence-electron chi connectivity index (χ3n) is 2.24. The molecule has 0 saturated carbocycles. The van der Waals surface area contributed by atoms with E-state index >= 15 is 0 Å². The van der Waals surface area contributed by atoms with Crippen LogP contribution in [0.1, 0.15) is 0 Å². The van der Waals surface area contributed by atoms with Gasteiger partial charge < -0.3 is 15.1 Å². The van der Waals surface area contributed by atoms with E-state index in [1.54, 1.807) is 6.33 Å². The molecule has 0 aliphatic heterocycles. The molecule has 0 atom stereocenters. The lowest BCUT2D eigenvalue weighted by Gasteiger charge is -1.94. The van der Waals surface area contributed by atoms with Crippen molar-refractivity contribution in [1.29, 1.82) is 0 Å². The topological polar surface area (TPSA) is 80.7 Å². The molecule has 0 aliphatic carbocycles. The molecule has 2 heterocycles. The first-order valence-corrected chi connectivity index (χ1v) is 4.47. The maximum atomic E-state index is 5.41. The van der Waals surface area contributed by atoms with E-state index < -0.39 is 0 Å². The van der Waals surface area contributed by atoms with Gasteiger partial charge in [-0.05, 0) is 12.1 Å². The number of H-pyrrole nitrogens is 1. The summed E-state index contributed by atoms with van der Waals surface area (Å²) in [7, 11) is 0. The first kappa shape index (κ1) is 8.05. The molecule has 5 nitrogen and oxygen atoms in total. The van der Waals surface area contributed by atoms with Gasteiger partial charge >= 0.3 is 0 Å². The number of nitrogens with two attached hydrogens (primary N) is 1. The Morgan fingerprint density at radius 2 is 2.27 bits per heavy atom. The second-order valence-electron chi connectivity index (χ2n) is 3.21. The normalized spacial score (nSPS) is 10.9. The van der Waals surface area contributed by atoms with Crippen LogP contribution in [0.2, 0.25) is 0 Å². The highest BCUT2D eigenvalue weighted by atomic mass is 16.4. The summed E-state index contributed by atoms with van der Waals surface area (Å²) >= 11 is 0. The Morgan fingerprint density at radius 1 is 1.33 bits per heavy atom. The molecule has 1 aromatic carbocycles. The standard InChI is InChI=1S/C10H8N4O/c11-10-14-9(4-15-10)6-1-2-7-8(3-6)13-5-12-7/h1-5H,(H2,11,14)(H,12,13). The quantitative estimate of drug-likeness (QED) is 0.627. The van der Waals surface area contributed by atoms with E-state index in [1.165, 1.54) is 6.26 Å². The first-order chi connectivity index (χ1) is 7.33. The Morgan fingerprint density at radius 3 is 3.07 bits per heavy atom. The number of rotatable bonds is 1. The van der Waals surface area contributed by atoms with E-state index in [2.05, 4.69) is 15.0 Å². The maximum Gasteiger partial charge on any atom is 0.292 e. The van der Waals surface area contributed by atoms with Crippen LogP contribution in [0, 0.1) is 0 Å². The molecule has 2 aromatic heterocycles. The van der Waals surface area contributed by atoms with Gasteiger partial charge in [-0.25, -0.2) is 4.98 Å². The molecule has 3 N–H and O–H groups in total. The molecule has 5 heteroatoms. The molecule has 0 radical (unpaired) electrons. The van der Waals surface area contributed by atoms with Crippen molar-refractivity contribution in [3.8, 4) is 11.3 Å². The fourth-order valence-corrected chi connectivity index (χ4v) is 1.52. The summed E-state index contributed by atoms with van der Waals surface area (Å²) in [5, 5.41) is 0. The molecule has 0 saturated heterocycles. The zero-order valence-electron chi connectivity index (χ0n) is 7.77. The molecule has 0 amide bonds. The van der Waals surface area contributed by atoms with E-state index in [0.29, 0.717) is 0 Å². The van der Waals surface area contributed by atoms with Crippen molar-refractivity contribution in [1.82, 2.24) is 15.0 Å². The Labute approximate surface area is 85.0 Å². The molecule has 3 rings (SSSR count). The van der Waals surface area contributed by atoms with Crippen molar-refractivity contribution < 1.29 is 4.42 Å². The summed E-state index contributed by atoms with van der Waals surface area (Å²) in [6.07, 6.45) is 3.19. The molecule has 0 unspecified atom stereocenters. The van der Waals surface area contributed by atoms with Crippen LogP contribution in [0.3, 0.4) is 0 Å². The number of oxazole rings is 1. The van der Waals surface area contributed by atoms with Gasteiger partial charge in [0.2, 0.25) is 0 Å². The molecule has 74 valence electrons. The number of aromatic amines is 1. The van der Waals surface area contributed by atoms with Gasteiger partial charge in [-0.3, -0.25) is 0 Å². The summed E-state index contributed by atoms with van der Waals surface area (Å²) in [5.74, 6) is 0. The van der Waals surface area contributed by atoms with E-state index in [1.807, 2.05) is 18.2 Å². The Hall–Kier alpha value is -2.30. The molecule has 0 fully saturated rings. The summed E-state index contributed by atoms with van der Waals surface area (Å²) in [6.45, 7) is 0. The van der Waals surface area contributed by atoms with Crippen LogP contribution in [0.25, 0.3) is 22.3 Å².